The van der Waals surface area contributed by atoms with E-state index in [-0.39, 0.29) is 11.8 Å². The van der Waals surface area contributed by atoms with Crippen LogP contribution in [0.2, 0.25) is 0 Å². The number of aromatic nitrogens is 3. The minimum atomic E-state index is -4.45. The molecule has 3 rings (SSSR count). The van der Waals surface area contributed by atoms with Gasteiger partial charge in [-0.15, -0.1) is 0 Å². The molecule has 0 atom stereocenters. The summed E-state index contributed by atoms with van der Waals surface area (Å²) in [6, 6.07) is 7.83. The van der Waals surface area contributed by atoms with Crippen LogP contribution in [0.15, 0.2) is 42.7 Å². The first-order valence-corrected chi connectivity index (χ1v) is 11.5. The predicted octanol–water partition coefficient (Wildman–Crippen LogP) is 5.78. The number of carboxylic acids is 1. The average molecular weight is 490 g/mol. The second kappa shape index (κ2) is 10.5. The van der Waals surface area contributed by atoms with E-state index in [9.17, 15) is 23.1 Å². The van der Waals surface area contributed by atoms with Gasteiger partial charge in [0.2, 0.25) is 0 Å². The maximum Gasteiger partial charge on any atom is 0.417 e. The van der Waals surface area contributed by atoms with Crippen LogP contribution >= 0.6 is 0 Å². The minimum absolute atomic E-state index is 0.107. The first-order chi connectivity index (χ1) is 16.4. The maximum atomic E-state index is 12.9. The highest BCUT2D eigenvalue weighted by molar-refractivity contribution is 5.71. The third-order valence-electron chi connectivity index (χ3n) is 5.55. The number of benzene rings is 1. The Kier molecular flexibility index (Phi) is 7.87. The second-order valence-corrected chi connectivity index (χ2v) is 9.38. The van der Waals surface area contributed by atoms with Gasteiger partial charge in [0.05, 0.1) is 24.3 Å². The van der Waals surface area contributed by atoms with Gasteiger partial charge in [-0.3, -0.25) is 4.79 Å². The van der Waals surface area contributed by atoms with E-state index in [0.29, 0.717) is 36.6 Å². The molecule has 0 saturated carbocycles. The van der Waals surface area contributed by atoms with E-state index in [0.717, 1.165) is 35.5 Å². The summed E-state index contributed by atoms with van der Waals surface area (Å²) < 4.78 is 46.2. The van der Waals surface area contributed by atoms with Gasteiger partial charge in [-0.2, -0.15) is 18.3 Å². The van der Waals surface area contributed by atoms with Crippen molar-refractivity contribution in [1.82, 2.24) is 14.8 Å². The Morgan fingerprint density at radius 2 is 1.80 bits per heavy atom. The van der Waals surface area contributed by atoms with Crippen LogP contribution in [0.3, 0.4) is 0 Å². The highest BCUT2D eigenvalue weighted by Crippen LogP contribution is 2.30. The van der Waals surface area contributed by atoms with Gasteiger partial charge in [0.15, 0.2) is 5.82 Å². The zero-order valence-electron chi connectivity index (χ0n) is 20.3. The molecule has 0 amide bonds. The van der Waals surface area contributed by atoms with E-state index >= 15 is 0 Å². The van der Waals surface area contributed by atoms with Crippen molar-refractivity contribution >= 4 is 5.97 Å². The molecule has 2 aromatic heterocycles. The summed E-state index contributed by atoms with van der Waals surface area (Å²) in [5.74, 6) is 0.0153. The maximum absolute atomic E-state index is 12.9. The SMILES string of the molecule is CCc1cccc(CC(=O)O)c1OCCCc1cn(-c2ccc(C(F)(F)F)cn2)nc1C(C)(C)C. The lowest BCUT2D eigenvalue weighted by atomic mass is 9.88. The molecule has 1 aromatic carbocycles. The van der Waals surface area contributed by atoms with Gasteiger partial charge in [-0.25, -0.2) is 9.67 Å². The molecule has 0 saturated heterocycles. The van der Waals surface area contributed by atoms with E-state index in [2.05, 4.69) is 10.1 Å². The number of ether oxygens (including phenoxy) is 1. The molecule has 0 radical (unpaired) electrons. The van der Waals surface area contributed by atoms with Crippen LogP contribution in [-0.2, 0) is 35.6 Å². The molecule has 2 heterocycles. The highest BCUT2D eigenvalue weighted by Gasteiger charge is 2.31. The molecule has 3 aromatic rings. The molecule has 0 spiro atoms. The molecule has 6 nitrogen and oxygen atoms in total. The van der Waals surface area contributed by atoms with E-state index in [4.69, 9.17) is 4.74 Å². The zero-order valence-corrected chi connectivity index (χ0v) is 20.3. The van der Waals surface area contributed by atoms with Crippen molar-refractivity contribution in [3.8, 4) is 11.6 Å². The van der Waals surface area contributed by atoms with Crippen LogP contribution in [0.5, 0.6) is 5.75 Å². The Balaban J connectivity index is 1.76. The average Bonchev–Trinajstić information content (AvgIpc) is 3.21. The molecule has 0 bridgehead atoms. The standard InChI is InChI=1S/C26H30F3N3O3/c1-5-17-8-6-9-18(14-22(33)34)23(17)35-13-7-10-19-16-32(31-24(19)25(2,3)4)21-12-11-20(15-30-21)26(27,28)29/h6,8-9,11-12,15-16H,5,7,10,13-14H2,1-4H3,(H,33,34). The van der Waals surface area contributed by atoms with Gasteiger partial charge in [-0.1, -0.05) is 45.9 Å². The third-order valence-corrected chi connectivity index (χ3v) is 5.55. The number of alkyl halides is 3. The summed E-state index contributed by atoms with van der Waals surface area (Å²) in [4.78, 5) is 15.2. The third kappa shape index (κ3) is 6.61. The number of aliphatic carboxylic acids is 1. The number of para-hydroxylation sites is 1. The smallest absolute Gasteiger partial charge is 0.417 e. The number of nitrogens with zero attached hydrogens (tertiary/aromatic N) is 3. The van der Waals surface area contributed by atoms with Crippen molar-refractivity contribution < 1.29 is 27.8 Å². The Bertz CT molecular complexity index is 1160. The minimum Gasteiger partial charge on any atom is -0.493 e. The lowest BCUT2D eigenvalue weighted by molar-refractivity contribution is -0.138. The van der Waals surface area contributed by atoms with Crippen LogP contribution in [0, 0.1) is 0 Å². The molecule has 0 fully saturated rings. The first kappa shape index (κ1) is 26.2. The first-order valence-electron chi connectivity index (χ1n) is 11.5. The number of pyridine rings is 1. The summed E-state index contributed by atoms with van der Waals surface area (Å²) in [5, 5.41) is 13.8. The lowest BCUT2D eigenvalue weighted by Gasteiger charge is -2.18. The van der Waals surface area contributed by atoms with Crippen molar-refractivity contribution in [3.63, 3.8) is 0 Å². The molecule has 35 heavy (non-hydrogen) atoms. The van der Waals surface area contributed by atoms with Crippen LogP contribution < -0.4 is 4.74 Å². The predicted molar refractivity (Wildman–Crippen MR) is 126 cm³/mol. The van der Waals surface area contributed by atoms with Crippen LogP contribution in [0.1, 0.15) is 62.1 Å². The largest absolute Gasteiger partial charge is 0.493 e. The van der Waals surface area contributed by atoms with Crippen molar-refractivity contribution in [1.29, 1.82) is 0 Å². The van der Waals surface area contributed by atoms with Gasteiger partial charge >= 0.3 is 12.1 Å². The molecular weight excluding hydrogens is 459 g/mol. The Morgan fingerprint density at radius 3 is 2.37 bits per heavy atom. The van der Waals surface area contributed by atoms with E-state index in [1.165, 1.54) is 10.7 Å². The Morgan fingerprint density at radius 1 is 1.09 bits per heavy atom. The molecule has 0 aliphatic carbocycles. The van der Waals surface area contributed by atoms with Gasteiger partial charge in [0.1, 0.15) is 5.75 Å². The van der Waals surface area contributed by atoms with Crippen molar-refractivity contribution in [3.05, 3.63) is 70.7 Å². The lowest BCUT2D eigenvalue weighted by Crippen LogP contribution is -2.15. The monoisotopic (exact) mass is 489 g/mol. The van der Waals surface area contributed by atoms with E-state index in [1.54, 1.807) is 12.3 Å². The summed E-state index contributed by atoms with van der Waals surface area (Å²) >= 11 is 0. The topological polar surface area (TPSA) is 77.2 Å². The fraction of sp³-hybridized carbons (Fsp3) is 0.423. The fourth-order valence-electron chi connectivity index (χ4n) is 3.87. The quantitative estimate of drug-likeness (QED) is 0.385. The number of carbonyl (C=O) groups is 1. The zero-order chi connectivity index (χ0) is 25.8. The Hall–Kier alpha value is -3.36. The van der Waals surface area contributed by atoms with Gasteiger partial charge in [0.25, 0.3) is 0 Å². The fourth-order valence-corrected chi connectivity index (χ4v) is 3.87. The van der Waals surface area contributed by atoms with Crippen LogP contribution in [-0.4, -0.2) is 32.4 Å². The van der Waals surface area contributed by atoms with Gasteiger partial charge in [0, 0.05) is 23.4 Å². The van der Waals surface area contributed by atoms with Crippen molar-refractivity contribution in [2.75, 3.05) is 6.61 Å². The molecule has 1 N–H and O–H groups in total. The number of carboxylic acid groups (broad SMARTS) is 1. The highest BCUT2D eigenvalue weighted by atomic mass is 19.4. The van der Waals surface area contributed by atoms with Crippen molar-refractivity contribution in [2.24, 2.45) is 0 Å². The molecule has 0 aliphatic rings. The van der Waals surface area contributed by atoms with E-state index in [1.807, 2.05) is 39.8 Å². The molecule has 0 aliphatic heterocycles. The normalized spacial score (nSPS) is 12.1. The van der Waals surface area contributed by atoms with Gasteiger partial charge < -0.3 is 9.84 Å². The number of halogens is 3. The molecule has 9 heteroatoms. The second-order valence-electron chi connectivity index (χ2n) is 9.38. The van der Waals surface area contributed by atoms with E-state index < -0.39 is 17.7 Å². The van der Waals surface area contributed by atoms with Gasteiger partial charge in [-0.05, 0) is 42.5 Å². The molecular formula is C26H30F3N3O3. The molecule has 188 valence electrons. The summed E-state index contributed by atoms with van der Waals surface area (Å²) in [6.45, 7) is 8.45. The number of aryl methyl sites for hydroxylation is 2. The summed E-state index contributed by atoms with van der Waals surface area (Å²) in [6.07, 6.45) is 0.0645. The number of hydrogen-bond donors (Lipinski definition) is 1. The number of hydrogen-bond acceptors (Lipinski definition) is 4. The summed E-state index contributed by atoms with van der Waals surface area (Å²) in [5.41, 5.74) is 2.30. The van der Waals surface area contributed by atoms with Crippen molar-refractivity contribution in [2.45, 2.75) is 65.0 Å². The molecule has 0 unspecified atom stereocenters. The van der Waals surface area contributed by atoms with Crippen LogP contribution in [0.4, 0.5) is 13.2 Å². The number of rotatable bonds is 9. The summed E-state index contributed by atoms with van der Waals surface area (Å²) in [7, 11) is 0. The van der Waals surface area contributed by atoms with Crippen LogP contribution in [0.25, 0.3) is 5.82 Å². The Labute approximate surface area is 202 Å².